The third-order valence-corrected chi connectivity index (χ3v) is 5.87. The van der Waals surface area contributed by atoms with E-state index in [-0.39, 0.29) is 18.1 Å². The Morgan fingerprint density at radius 1 is 1.03 bits per heavy atom. The monoisotopic (exact) mass is 461 g/mol. The first kappa shape index (κ1) is 22.9. The molecule has 2 N–H and O–H groups in total. The number of imidazole rings is 1. The lowest BCUT2D eigenvalue weighted by Gasteiger charge is -2.36. The molecule has 0 atom stereocenters. The molecule has 10 heteroatoms. The van der Waals surface area contributed by atoms with Crippen molar-refractivity contribution >= 4 is 22.6 Å². The summed E-state index contributed by atoms with van der Waals surface area (Å²) in [7, 11) is 0. The lowest BCUT2D eigenvalue weighted by molar-refractivity contribution is -0.137. The SMILES string of the molecule is O=C(Cn1c(=O)[nH]c2ccccc21)NCCCN1CCN(c2cccc(C(F)(F)F)c2)CC1. The molecule has 2 heterocycles. The molecule has 7 nitrogen and oxygen atoms in total. The van der Waals surface area contributed by atoms with E-state index in [1.54, 1.807) is 18.2 Å². The first-order valence-corrected chi connectivity index (χ1v) is 10.9. The molecular weight excluding hydrogens is 435 g/mol. The Labute approximate surface area is 188 Å². The van der Waals surface area contributed by atoms with Crippen LogP contribution < -0.4 is 15.9 Å². The van der Waals surface area contributed by atoms with Crippen molar-refractivity contribution in [2.45, 2.75) is 19.1 Å². The molecule has 0 unspecified atom stereocenters. The number of hydrogen-bond donors (Lipinski definition) is 2. The Balaban J connectivity index is 1.19. The van der Waals surface area contributed by atoms with Crippen LogP contribution in [0.15, 0.2) is 53.3 Å². The molecule has 1 aromatic heterocycles. The summed E-state index contributed by atoms with van der Waals surface area (Å²) in [5.41, 5.74) is 1.03. The minimum absolute atomic E-state index is 0.0431. The summed E-state index contributed by atoms with van der Waals surface area (Å²) >= 11 is 0. The van der Waals surface area contributed by atoms with Gasteiger partial charge in [-0.2, -0.15) is 13.2 Å². The summed E-state index contributed by atoms with van der Waals surface area (Å²) in [6.45, 7) is 4.02. The number of alkyl halides is 3. The quantitative estimate of drug-likeness (QED) is 0.531. The number of para-hydroxylation sites is 2. The van der Waals surface area contributed by atoms with Crippen LogP contribution in [-0.4, -0.2) is 59.6 Å². The van der Waals surface area contributed by atoms with Crippen LogP contribution in [0, 0.1) is 0 Å². The number of halogens is 3. The lowest BCUT2D eigenvalue weighted by Crippen LogP contribution is -2.47. The Bertz CT molecular complexity index is 1160. The topological polar surface area (TPSA) is 73.4 Å². The summed E-state index contributed by atoms with van der Waals surface area (Å²) in [4.78, 5) is 31.3. The van der Waals surface area contributed by atoms with Gasteiger partial charge in [0.2, 0.25) is 5.91 Å². The van der Waals surface area contributed by atoms with Crippen molar-refractivity contribution in [3.8, 4) is 0 Å². The van der Waals surface area contributed by atoms with E-state index in [4.69, 9.17) is 0 Å². The van der Waals surface area contributed by atoms with Crippen molar-refractivity contribution in [1.29, 1.82) is 0 Å². The number of H-pyrrole nitrogens is 1. The van der Waals surface area contributed by atoms with Crippen LogP contribution in [0.4, 0.5) is 18.9 Å². The molecule has 1 aliphatic heterocycles. The highest BCUT2D eigenvalue weighted by Gasteiger charge is 2.31. The van der Waals surface area contributed by atoms with Gasteiger partial charge in [0.05, 0.1) is 16.6 Å². The maximum absolute atomic E-state index is 12.9. The Morgan fingerprint density at radius 3 is 2.55 bits per heavy atom. The van der Waals surface area contributed by atoms with Crippen LogP contribution in [0.25, 0.3) is 11.0 Å². The predicted molar refractivity (Wildman–Crippen MR) is 120 cm³/mol. The van der Waals surface area contributed by atoms with Gasteiger partial charge in [0.15, 0.2) is 0 Å². The largest absolute Gasteiger partial charge is 0.416 e. The average molecular weight is 461 g/mol. The summed E-state index contributed by atoms with van der Waals surface area (Å²) in [6.07, 6.45) is -3.59. The number of anilines is 1. The van der Waals surface area contributed by atoms with Gasteiger partial charge in [-0.15, -0.1) is 0 Å². The van der Waals surface area contributed by atoms with Gasteiger partial charge in [-0.3, -0.25) is 14.3 Å². The van der Waals surface area contributed by atoms with E-state index in [1.165, 1.54) is 16.7 Å². The zero-order valence-electron chi connectivity index (χ0n) is 18.1. The second-order valence-corrected chi connectivity index (χ2v) is 8.11. The van der Waals surface area contributed by atoms with Gasteiger partial charge in [-0.05, 0) is 43.3 Å². The fourth-order valence-corrected chi connectivity index (χ4v) is 4.10. The number of benzene rings is 2. The summed E-state index contributed by atoms with van der Waals surface area (Å²) in [5.74, 6) is -0.226. The second kappa shape index (κ2) is 9.70. The van der Waals surface area contributed by atoms with Crippen molar-refractivity contribution in [1.82, 2.24) is 19.8 Å². The smallest absolute Gasteiger partial charge is 0.369 e. The molecule has 0 saturated carbocycles. The highest BCUT2D eigenvalue weighted by Crippen LogP contribution is 2.31. The molecule has 1 aliphatic rings. The number of carbonyl (C=O) groups excluding carboxylic acids is 1. The van der Waals surface area contributed by atoms with Gasteiger partial charge in [-0.25, -0.2) is 4.79 Å². The Morgan fingerprint density at radius 2 is 1.79 bits per heavy atom. The average Bonchev–Trinajstić information content (AvgIpc) is 3.11. The molecule has 2 aromatic carbocycles. The minimum Gasteiger partial charge on any atom is -0.369 e. The molecule has 0 radical (unpaired) electrons. The molecular formula is C23H26F3N5O2. The van der Waals surface area contributed by atoms with Crippen LogP contribution >= 0.6 is 0 Å². The minimum atomic E-state index is -4.34. The zero-order chi connectivity index (χ0) is 23.4. The van der Waals surface area contributed by atoms with Gasteiger partial charge < -0.3 is 15.2 Å². The lowest BCUT2D eigenvalue weighted by atomic mass is 10.1. The van der Waals surface area contributed by atoms with Crippen LogP contribution in [0.1, 0.15) is 12.0 Å². The molecule has 1 amide bonds. The first-order chi connectivity index (χ1) is 15.8. The zero-order valence-corrected chi connectivity index (χ0v) is 18.1. The molecule has 4 rings (SSSR count). The van der Waals surface area contributed by atoms with Crippen LogP contribution in [0.3, 0.4) is 0 Å². The third-order valence-electron chi connectivity index (χ3n) is 5.87. The van der Waals surface area contributed by atoms with E-state index in [0.717, 1.165) is 32.1 Å². The first-order valence-electron chi connectivity index (χ1n) is 10.9. The van der Waals surface area contributed by atoms with Gasteiger partial charge >= 0.3 is 11.9 Å². The predicted octanol–water partition coefficient (Wildman–Crippen LogP) is 2.68. The second-order valence-electron chi connectivity index (χ2n) is 8.11. The van der Waals surface area contributed by atoms with Gasteiger partial charge in [-0.1, -0.05) is 18.2 Å². The van der Waals surface area contributed by atoms with E-state index in [9.17, 15) is 22.8 Å². The van der Waals surface area contributed by atoms with E-state index in [2.05, 4.69) is 15.2 Å². The standard InChI is InChI=1S/C23H26F3N5O2/c24-23(25,26)17-5-3-6-18(15-17)30-13-11-29(12-14-30)10-4-9-27-21(32)16-31-20-8-2-1-7-19(20)28-22(31)33/h1-3,5-8,15H,4,9-14,16H2,(H,27,32)(H,28,33). The van der Waals surface area contributed by atoms with Gasteiger partial charge in [0.1, 0.15) is 6.54 Å². The van der Waals surface area contributed by atoms with Crippen LogP contribution in [0.5, 0.6) is 0 Å². The molecule has 1 fully saturated rings. The van der Waals surface area contributed by atoms with Crippen molar-refractivity contribution in [3.05, 3.63) is 64.6 Å². The molecule has 176 valence electrons. The molecule has 3 aromatic rings. The maximum atomic E-state index is 12.9. The van der Waals surface area contributed by atoms with Crippen molar-refractivity contribution in [2.24, 2.45) is 0 Å². The van der Waals surface area contributed by atoms with Crippen LogP contribution in [0.2, 0.25) is 0 Å². The summed E-state index contributed by atoms with van der Waals surface area (Å²) < 4.78 is 40.3. The fourth-order valence-electron chi connectivity index (χ4n) is 4.10. The van der Waals surface area contributed by atoms with E-state index < -0.39 is 11.7 Å². The Hall–Kier alpha value is -3.27. The normalized spacial score (nSPS) is 15.2. The highest BCUT2D eigenvalue weighted by atomic mass is 19.4. The number of aromatic amines is 1. The molecule has 0 bridgehead atoms. The summed E-state index contributed by atoms with van der Waals surface area (Å²) in [6, 6.07) is 12.7. The molecule has 1 saturated heterocycles. The fraction of sp³-hybridized carbons (Fsp3) is 0.391. The number of amides is 1. The highest BCUT2D eigenvalue weighted by molar-refractivity contribution is 5.80. The number of fused-ring (bicyclic) bond motifs is 1. The number of carbonyl (C=O) groups is 1. The number of aromatic nitrogens is 2. The molecule has 0 aliphatic carbocycles. The van der Waals surface area contributed by atoms with E-state index >= 15 is 0 Å². The number of hydrogen-bond acceptors (Lipinski definition) is 4. The summed E-state index contributed by atoms with van der Waals surface area (Å²) in [5, 5.41) is 2.85. The number of piperazine rings is 1. The van der Waals surface area contributed by atoms with Gasteiger partial charge in [0.25, 0.3) is 0 Å². The molecule has 33 heavy (non-hydrogen) atoms. The van der Waals surface area contributed by atoms with Gasteiger partial charge in [0, 0.05) is 38.4 Å². The van der Waals surface area contributed by atoms with Crippen molar-refractivity contribution in [3.63, 3.8) is 0 Å². The molecule has 0 spiro atoms. The van der Waals surface area contributed by atoms with E-state index in [1.807, 2.05) is 17.0 Å². The number of nitrogens with zero attached hydrogens (tertiary/aromatic N) is 3. The number of rotatable bonds is 7. The van der Waals surface area contributed by atoms with Crippen molar-refractivity contribution < 1.29 is 18.0 Å². The van der Waals surface area contributed by atoms with E-state index in [0.29, 0.717) is 36.4 Å². The maximum Gasteiger partial charge on any atom is 0.416 e. The number of nitrogens with one attached hydrogen (secondary N) is 2. The third kappa shape index (κ3) is 5.57. The Kier molecular flexibility index (Phi) is 6.73. The van der Waals surface area contributed by atoms with Crippen molar-refractivity contribution in [2.75, 3.05) is 44.2 Å². The van der Waals surface area contributed by atoms with Crippen LogP contribution in [-0.2, 0) is 17.5 Å².